The number of rotatable bonds is 1. The Morgan fingerprint density at radius 3 is 2.65 bits per heavy atom. The zero-order chi connectivity index (χ0) is 14.5. The van der Waals surface area contributed by atoms with E-state index in [1.807, 2.05) is 20.8 Å². The number of fused-ring (bicyclic) bond motifs is 1. The van der Waals surface area contributed by atoms with E-state index in [1.165, 1.54) is 17.4 Å². The molecule has 0 radical (unpaired) electrons. The molecule has 0 saturated heterocycles. The van der Waals surface area contributed by atoms with E-state index >= 15 is 0 Å². The van der Waals surface area contributed by atoms with Crippen LogP contribution in [0, 0.1) is 5.82 Å². The lowest BCUT2D eigenvalue weighted by Gasteiger charge is -2.13. The Balaban J connectivity index is 2.22. The summed E-state index contributed by atoms with van der Waals surface area (Å²) in [5.74, 6) is 0.359. The van der Waals surface area contributed by atoms with Crippen LogP contribution in [-0.2, 0) is 5.41 Å². The van der Waals surface area contributed by atoms with Gasteiger partial charge < -0.3 is 5.73 Å². The first-order valence-corrected chi connectivity index (χ1v) is 6.96. The van der Waals surface area contributed by atoms with Gasteiger partial charge in [0.15, 0.2) is 10.8 Å². The number of hydrogen-bond donors (Lipinski definition) is 1. The molecular formula is C13H14FN5S. The predicted molar refractivity (Wildman–Crippen MR) is 77.2 cm³/mol. The van der Waals surface area contributed by atoms with Gasteiger partial charge in [0.1, 0.15) is 5.82 Å². The maximum atomic E-state index is 13.9. The first kappa shape index (κ1) is 13.0. The van der Waals surface area contributed by atoms with E-state index in [-0.39, 0.29) is 11.2 Å². The molecule has 0 amide bonds. The van der Waals surface area contributed by atoms with Crippen LogP contribution in [0.1, 0.15) is 26.6 Å². The van der Waals surface area contributed by atoms with E-state index in [0.717, 1.165) is 5.82 Å². The molecule has 0 atom stereocenters. The number of hydrogen-bond acceptors (Lipinski definition) is 5. The highest BCUT2D eigenvalue weighted by molar-refractivity contribution is 7.19. The fourth-order valence-corrected chi connectivity index (χ4v) is 2.86. The topological polar surface area (TPSA) is 69.1 Å². The van der Waals surface area contributed by atoms with Crippen LogP contribution >= 0.6 is 11.3 Å². The number of halogens is 1. The van der Waals surface area contributed by atoms with Crippen molar-refractivity contribution in [1.29, 1.82) is 0 Å². The van der Waals surface area contributed by atoms with Crippen LogP contribution in [0.15, 0.2) is 18.2 Å². The van der Waals surface area contributed by atoms with E-state index in [2.05, 4.69) is 15.3 Å². The average Bonchev–Trinajstić information content (AvgIpc) is 2.86. The van der Waals surface area contributed by atoms with Crippen molar-refractivity contribution in [2.45, 2.75) is 26.2 Å². The molecule has 7 heteroatoms. The third-order valence-corrected chi connectivity index (χ3v) is 3.84. The molecule has 0 aliphatic rings. The molecule has 2 N–H and O–H groups in total. The van der Waals surface area contributed by atoms with Gasteiger partial charge in [-0.1, -0.05) is 38.2 Å². The third-order valence-electron chi connectivity index (χ3n) is 2.92. The summed E-state index contributed by atoms with van der Waals surface area (Å²) >= 11 is 1.27. The number of aromatic nitrogens is 4. The van der Waals surface area contributed by atoms with Gasteiger partial charge in [-0.25, -0.2) is 4.39 Å². The SMILES string of the molecule is CC(C)(C)c1nnc2sc(-c3c(N)cccc3F)nn12. The molecule has 2 heterocycles. The molecule has 0 aliphatic heterocycles. The van der Waals surface area contributed by atoms with Crippen molar-refractivity contribution in [3.8, 4) is 10.6 Å². The Morgan fingerprint density at radius 1 is 1.25 bits per heavy atom. The summed E-state index contributed by atoms with van der Waals surface area (Å²) in [6, 6.07) is 4.61. The van der Waals surface area contributed by atoms with Gasteiger partial charge in [-0.15, -0.1) is 10.2 Å². The summed E-state index contributed by atoms with van der Waals surface area (Å²) in [6.07, 6.45) is 0. The van der Waals surface area contributed by atoms with E-state index in [0.29, 0.717) is 21.2 Å². The van der Waals surface area contributed by atoms with Crippen LogP contribution in [-0.4, -0.2) is 19.8 Å². The van der Waals surface area contributed by atoms with Crippen molar-refractivity contribution in [3.05, 3.63) is 29.8 Å². The molecule has 104 valence electrons. The Kier molecular flexibility index (Phi) is 2.75. The standard InChI is InChI=1S/C13H14FN5S/c1-13(2,3)11-16-17-12-19(11)18-10(20-12)9-7(14)5-4-6-8(9)15/h4-6H,15H2,1-3H3. The first-order valence-electron chi connectivity index (χ1n) is 6.15. The van der Waals surface area contributed by atoms with Crippen molar-refractivity contribution in [2.75, 3.05) is 5.73 Å². The van der Waals surface area contributed by atoms with Crippen LogP contribution in [0.25, 0.3) is 15.5 Å². The normalized spacial score (nSPS) is 12.2. The molecule has 0 fully saturated rings. The summed E-state index contributed by atoms with van der Waals surface area (Å²) < 4.78 is 15.6. The van der Waals surface area contributed by atoms with Crippen LogP contribution in [0.5, 0.6) is 0 Å². The van der Waals surface area contributed by atoms with Gasteiger partial charge in [-0.3, -0.25) is 0 Å². The fourth-order valence-electron chi connectivity index (χ4n) is 1.95. The second-order valence-corrected chi connectivity index (χ2v) is 6.54. The van der Waals surface area contributed by atoms with Crippen molar-refractivity contribution in [3.63, 3.8) is 0 Å². The minimum absolute atomic E-state index is 0.189. The van der Waals surface area contributed by atoms with Crippen molar-refractivity contribution < 1.29 is 4.39 Å². The van der Waals surface area contributed by atoms with E-state index in [9.17, 15) is 4.39 Å². The zero-order valence-corrected chi connectivity index (χ0v) is 12.2. The molecule has 5 nitrogen and oxygen atoms in total. The quantitative estimate of drug-likeness (QED) is 0.700. The average molecular weight is 291 g/mol. The molecule has 0 unspecified atom stereocenters. The van der Waals surface area contributed by atoms with Gasteiger partial charge in [0.05, 0.1) is 5.56 Å². The largest absolute Gasteiger partial charge is 0.398 e. The van der Waals surface area contributed by atoms with Crippen LogP contribution < -0.4 is 5.73 Å². The molecule has 1 aromatic carbocycles. The fraction of sp³-hybridized carbons (Fsp3) is 0.308. The van der Waals surface area contributed by atoms with Crippen molar-refractivity contribution in [1.82, 2.24) is 19.8 Å². The molecule has 20 heavy (non-hydrogen) atoms. The monoisotopic (exact) mass is 291 g/mol. The Hall–Kier alpha value is -2.02. The summed E-state index contributed by atoms with van der Waals surface area (Å²) in [5, 5.41) is 13.2. The van der Waals surface area contributed by atoms with E-state index < -0.39 is 0 Å². The number of benzene rings is 1. The number of anilines is 1. The molecule has 0 aliphatic carbocycles. The van der Waals surface area contributed by atoms with Crippen molar-refractivity contribution >= 4 is 22.0 Å². The second kappa shape index (κ2) is 4.24. The highest BCUT2D eigenvalue weighted by Gasteiger charge is 2.24. The minimum atomic E-state index is -0.382. The van der Waals surface area contributed by atoms with E-state index in [4.69, 9.17) is 5.73 Å². The van der Waals surface area contributed by atoms with Crippen LogP contribution in [0.4, 0.5) is 10.1 Å². The smallest absolute Gasteiger partial charge is 0.235 e. The summed E-state index contributed by atoms with van der Waals surface area (Å²) in [5.41, 5.74) is 6.35. The zero-order valence-electron chi connectivity index (χ0n) is 11.4. The summed E-state index contributed by atoms with van der Waals surface area (Å²) in [4.78, 5) is 0.632. The van der Waals surface area contributed by atoms with Crippen LogP contribution in [0.2, 0.25) is 0 Å². The Bertz CT molecular complexity index is 764. The molecular weight excluding hydrogens is 277 g/mol. The van der Waals surface area contributed by atoms with E-state index in [1.54, 1.807) is 16.6 Å². The number of nitrogens with two attached hydrogens (primary N) is 1. The van der Waals surface area contributed by atoms with Crippen molar-refractivity contribution in [2.24, 2.45) is 0 Å². The Labute approximate surface area is 119 Å². The molecule has 0 bridgehead atoms. The molecule has 3 aromatic rings. The lowest BCUT2D eigenvalue weighted by molar-refractivity contribution is 0.528. The lowest BCUT2D eigenvalue weighted by atomic mass is 9.96. The second-order valence-electron chi connectivity index (χ2n) is 5.58. The summed E-state index contributed by atoms with van der Waals surface area (Å²) in [6.45, 7) is 6.08. The third kappa shape index (κ3) is 1.94. The van der Waals surface area contributed by atoms with Gasteiger partial charge in [-0.2, -0.15) is 9.61 Å². The van der Waals surface area contributed by atoms with Gasteiger partial charge in [0.25, 0.3) is 0 Å². The molecule has 3 rings (SSSR count). The predicted octanol–water partition coefficient (Wildman–Crippen LogP) is 2.87. The maximum Gasteiger partial charge on any atom is 0.235 e. The first-order chi connectivity index (χ1) is 9.38. The van der Waals surface area contributed by atoms with Crippen LogP contribution in [0.3, 0.4) is 0 Å². The highest BCUT2D eigenvalue weighted by Crippen LogP contribution is 2.33. The number of nitrogens with zero attached hydrogens (tertiary/aromatic N) is 4. The maximum absolute atomic E-state index is 13.9. The van der Waals surface area contributed by atoms with Gasteiger partial charge >= 0.3 is 0 Å². The highest BCUT2D eigenvalue weighted by atomic mass is 32.1. The minimum Gasteiger partial charge on any atom is -0.398 e. The van der Waals surface area contributed by atoms with Gasteiger partial charge in [-0.05, 0) is 12.1 Å². The molecule has 0 saturated carbocycles. The van der Waals surface area contributed by atoms with Gasteiger partial charge in [0.2, 0.25) is 4.96 Å². The molecule has 2 aromatic heterocycles. The van der Waals surface area contributed by atoms with Gasteiger partial charge in [0, 0.05) is 11.1 Å². The summed E-state index contributed by atoms with van der Waals surface area (Å²) in [7, 11) is 0. The Morgan fingerprint density at radius 2 is 2.00 bits per heavy atom. The lowest BCUT2D eigenvalue weighted by Crippen LogP contribution is -2.16. The molecule has 0 spiro atoms. The number of nitrogen functional groups attached to an aromatic ring is 1.